The summed E-state index contributed by atoms with van der Waals surface area (Å²) in [6.45, 7) is 0. The molecule has 3 heteroatoms. The smallest absolute Gasteiger partial charge is 0.123 e. The van der Waals surface area contributed by atoms with E-state index in [1.54, 1.807) is 18.4 Å². The van der Waals surface area contributed by atoms with E-state index in [2.05, 4.69) is 5.32 Å². The van der Waals surface area contributed by atoms with Crippen molar-refractivity contribution in [1.29, 1.82) is 0 Å². The number of likely N-dealkylation sites (N-methyl/N-ethyl adjacent to an activating group) is 1. The van der Waals surface area contributed by atoms with Gasteiger partial charge in [0.15, 0.2) is 0 Å². The van der Waals surface area contributed by atoms with Gasteiger partial charge >= 0.3 is 0 Å². The van der Waals surface area contributed by atoms with E-state index in [0.717, 1.165) is 17.7 Å². The minimum Gasteiger partial charge on any atom is -0.468 e. The number of nitrogens with one attached hydrogen (secondary N) is 1. The maximum absolute atomic E-state index is 12.7. The van der Waals surface area contributed by atoms with Gasteiger partial charge in [-0.2, -0.15) is 0 Å². The Bertz CT molecular complexity index is 422. The standard InChI is InChI=1S/C13H14FNO/c1-15-12(13-3-2-8-16-13)9-10-4-6-11(14)7-5-10/h2-8,12,15H,9H2,1H3. The molecule has 1 unspecified atom stereocenters. The lowest BCUT2D eigenvalue weighted by atomic mass is 10.0. The van der Waals surface area contributed by atoms with Gasteiger partial charge in [-0.3, -0.25) is 0 Å². The summed E-state index contributed by atoms with van der Waals surface area (Å²) in [6.07, 6.45) is 2.44. The SMILES string of the molecule is CNC(Cc1ccc(F)cc1)c1ccco1. The third-order valence-electron chi connectivity index (χ3n) is 2.59. The molecule has 0 fully saturated rings. The fourth-order valence-corrected chi connectivity index (χ4v) is 1.69. The normalized spacial score (nSPS) is 12.6. The molecule has 1 aromatic carbocycles. The van der Waals surface area contributed by atoms with Crippen molar-refractivity contribution in [2.24, 2.45) is 0 Å². The van der Waals surface area contributed by atoms with Crippen molar-refractivity contribution >= 4 is 0 Å². The molecule has 1 atom stereocenters. The maximum atomic E-state index is 12.7. The molecule has 0 saturated carbocycles. The van der Waals surface area contributed by atoms with Crippen LogP contribution in [-0.4, -0.2) is 7.05 Å². The second kappa shape index (κ2) is 4.94. The second-order valence-corrected chi connectivity index (χ2v) is 3.69. The highest BCUT2D eigenvalue weighted by molar-refractivity contribution is 5.19. The van der Waals surface area contributed by atoms with Crippen LogP contribution in [0.3, 0.4) is 0 Å². The van der Waals surface area contributed by atoms with E-state index in [1.165, 1.54) is 12.1 Å². The summed E-state index contributed by atoms with van der Waals surface area (Å²) in [4.78, 5) is 0. The third-order valence-corrected chi connectivity index (χ3v) is 2.59. The monoisotopic (exact) mass is 219 g/mol. The van der Waals surface area contributed by atoms with Crippen LogP contribution >= 0.6 is 0 Å². The molecule has 0 radical (unpaired) electrons. The minimum atomic E-state index is -0.206. The Labute approximate surface area is 94.1 Å². The van der Waals surface area contributed by atoms with Gasteiger partial charge in [-0.15, -0.1) is 0 Å². The highest BCUT2D eigenvalue weighted by atomic mass is 19.1. The predicted molar refractivity (Wildman–Crippen MR) is 60.6 cm³/mol. The highest BCUT2D eigenvalue weighted by Crippen LogP contribution is 2.18. The highest BCUT2D eigenvalue weighted by Gasteiger charge is 2.12. The van der Waals surface area contributed by atoms with Crippen molar-refractivity contribution in [3.8, 4) is 0 Å². The summed E-state index contributed by atoms with van der Waals surface area (Å²) in [5, 5.41) is 3.18. The van der Waals surface area contributed by atoms with Crippen molar-refractivity contribution in [1.82, 2.24) is 5.32 Å². The molecule has 2 aromatic rings. The lowest BCUT2D eigenvalue weighted by Crippen LogP contribution is -2.18. The first-order valence-corrected chi connectivity index (χ1v) is 5.24. The average molecular weight is 219 g/mol. The van der Waals surface area contributed by atoms with Crippen molar-refractivity contribution in [2.75, 3.05) is 7.05 Å². The number of halogens is 1. The molecule has 0 saturated heterocycles. The fraction of sp³-hybridized carbons (Fsp3) is 0.231. The zero-order chi connectivity index (χ0) is 11.4. The van der Waals surface area contributed by atoms with E-state index >= 15 is 0 Å². The summed E-state index contributed by atoms with van der Waals surface area (Å²) in [5.74, 6) is 0.689. The Morgan fingerprint density at radius 2 is 2.00 bits per heavy atom. The largest absolute Gasteiger partial charge is 0.468 e. The van der Waals surface area contributed by atoms with E-state index in [1.807, 2.05) is 19.2 Å². The number of hydrogen-bond donors (Lipinski definition) is 1. The van der Waals surface area contributed by atoms with Gasteiger partial charge in [-0.05, 0) is 43.3 Å². The van der Waals surface area contributed by atoms with Gasteiger partial charge in [-0.1, -0.05) is 12.1 Å². The van der Waals surface area contributed by atoms with E-state index < -0.39 is 0 Å². The summed E-state index contributed by atoms with van der Waals surface area (Å²) in [7, 11) is 1.89. The van der Waals surface area contributed by atoms with Crippen molar-refractivity contribution in [3.63, 3.8) is 0 Å². The molecule has 0 aliphatic heterocycles. The van der Waals surface area contributed by atoms with Crippen molar-refractivity contribution in [2.45, 2.75) is 12.5 Å². The van der Waals surface area contributed by atoms with Crippen LogP contribution < -0.4 is 5.32 Å². The molecule has 0 amide bonds. The molecule has 0 aliphatic rings. The van der Waals surface area contributed by atoms with Gasteiger partial charge in [0.25, 0.3) is 0 Å². The Morgan fingerprint density at radius 1 is 1.25 bits per heavy atom. The average Bonchev–Trinajstić information content (AvgIpc) is 2.82. The van der Waals surface area contributed by atoms with Gasteiger partial charge in [0.05, 0.1) is 12.3 Å². The quantitative estimate of drug-likeness (QED) is 0.855. The van der Waals surface area contributed by atoms with E-state index in [4.69, 9.17) is 4.42 Å². The van der Waals surface area contributed by atoms with E-state index in [-0.39, 0.29) is 11.9 Å². The molecule has 84 valence electrons. The van der Waals surface area contributed by atoms with Crippen molar-refractivity contribution in [3.05, 3.63) is 59.8 Å². The van der Waals surface area contributed by atoms with Crippen LogP contribution in [0.2, 0.25) is 0 Å². The summed E-state index contributed by atoms with van der Waals surface area (Å²) in [6, 6.07) is 10.5. The number of hydrogen-bond acceptors (Lipinski definition) is 2. The molecule has 2 rings (SSSR count). The first-order chi connectivity index (χ1) is 7.79. The van der Waals surface area contributed by atoms with Gasteiger partial charge in [0.2, 0.25) is 0 Å². The third kappa shape index (κ3) is 2.49. The summed E-state index contributed by atoms with van der Waals surface area (Å²) in [5.41, 5.74) is 1.08. The van der Waals surface area contributed by atoms with Crippen molar-refractivity contribution < 1.29 is 8.81 Å². The van der Waals surface area contributed by atoms with Crippen LogP contribution in [0.25, 0.3) is 0 Å². The Hall–Kier alpha value is -1.61. The molecule has 16 heavy (non-hydrogen) atoms. The zero-order valence-corrected chi connectivity index (χ0v) is 9.11. The van der Waals surface area contributed by atoms with Gasteiger partial charge < -0.3 is 9.73 Å². The second-order valence-electron chi connectivity index (χ2n) is 3.69. The molecule has 2 nitrogen and oxygen atoms in total. The minimum absolute atomic E-state index is 0.125. The molecule has 0 bridgehead atoms. The fourth-order valence-electron chi connectivity index (χ4n) is 1.69. The lowest BCUT2D eigenvalue weighted by Gasteiger charge is -2.13. The summed E-state index contributed by atoms with van der Waals surface area (Å²) < 4.78 is 18.1. The summed E-state index contributed by atoms with van der Waals surface area (Å²) >= 11 is 0. The molecule has 1 aromatic heterocycles. The molecule has 0 spiro atoms. The Kier molecular flexibility index (Phi) is 3.37. The number of benzene rings is 1. The van der Waals surface area contributed by atoms with Gasteiger partial charge in [0, 0.05) is 0 Å². The van der Waals surface area contributed by atoms with Crippen LogP contribution in [0.4, 0.5) is 4.39 Å². The first kappa shape index (κ1) is 10.9. The topological polar surface area (TPSA) is 25.2 Å². The van der Waals surface area contributed by atoms with Crippen LogP contribution in [0.5, 0.6) is 0 Å². The Morgan fingerprint density at radius 3 is 2.56 bits per heavy atom. The van der Waals surface area contributed by atoms with Crippen LogP contribution in [0.15, 0.2) is 47.1 Å². The van der Waals surface area contributed by atoms with E-state index in [9.17, 15) is 4.39 Å². The maximum Gasteiger partial charge on any atom is 0.123 e. The van der Waals surface area contributed by atoms with Gasteiger partial charge in [0.1, 0.15) is 11.6 Å². The molecular weight excluding hydrogens is 205 g/mol. The molecule has 1 N–H and O–H groups in total. The lowest BCUT2D eigenvalue weighted by molar-refractivity contribution is 0.429. The predicted octanol–water partition coefficient (Wildman–Crippen LogP) is 2.92. The zero-order valence-electron chi connectivity index (χ0n) is 9.11. The first-order valence-electron chi connectivity index (χ1n) is 5.24. The van der Waals surface area contributed by atoms with E-state index in [0.29, 0.717) is 0 Å². The van der Waals surface area contributed by atoms with Crippen LogP contribution in [0, 0.1) is 5.82 Å². The van der Waals surface area contributed by atoms with Crippen LogP contribution in [-0.2, 0) is 6.42 Å². The molecule has 1 heterocycles. The number of furan rings is 1. The molecular formula is C13H14FNO. The molecule has 0 aliphatic carbocycles. The van der Waals surface area contributed by atoms with Gasteiger partial charge in [-0.25, -0.2) is 4.39 Å². The number of rotatable bonds is 4. The Balaban J connectivity index is 2.10. The van der Waals surface area contributed by atoms with Crippen LogP contribution in [0.1, 0.15) is 17.4 Å².